The smallest absolute Gasteiger partial charge is 0.185 e. The van der Waals surface area contributed by atoms with E-state index in [0.29, 0.717) is 5.82 Å². The summed E-state index contributed by atoms with van der Waals surface area (Å²) in [5.74, 6) is 0.417. The van der Waals surface area contributed by atoms with Crippen LogP contribution in [-0.2, 0) is 7.05 Å². The number of aliphatic hydroxyl groups is 1. The zero-order valence-corrected chi connectivity index (χ0v) is 11.7. The Morgan fingerprint density at radius 3 is 2.45 bits per heavy atom. The van der Waals surface area contributed by atoms with Gasteiger partial charge in [0.1, 0.15) is 0 Å². The number of nitrogens with zero attached hydrogens (tertiary/aromatic N) is 4. The summed E-state index contributed by atoms with van der Waals surface area (Å²) in [5.41, 5.74) is 0.299. The first-order chi connectivity index (χ1) is 9.69. The van der Waals surface area contributed by atoms with Crippen LogP contribution < -0.4 is 0 Å². The number of tetrazole rings is 1. The molecule has 1 saturated carbocycles. The highest BCUT2D eigenvalue weighted by Crippen LogP contribution is 2.42. The number of benzene rings is 1. The maximum absolute atomic E-state index is 11.1. The molecule has 0 aliphatic heterocycles. The molecule has 1 unspecified atom stereocenters. The average molecular weight is 272 g/mol. The lowest BCUT2D eigenvalue weighted by molar-refractivity contribution is -0.0131. The molecule has 1 aliphatic rings. The van der Waals surface area contributed by atoms with Crippen molar-refractivity contribution in [3.63, 3.8) is 0 Å². The topological polar surface area (TPSA) is 63.8 Å². The minimum Gasteiger partial charge on any atom is -0.389 e. The molecule has 1 atom stereocenters. The number of hydrogen-bond donors (Lipinski definition) is 1. The van der Waals surface area contributed by atoms with Gasteiger partial charge in [0.2, 0.25) is 0 Å². The molecule has 2 aromatic rings. The summed E-state index contributed by atoms with van der Waals surface area (Å²) in [6.07, 6.45) is 4.90. The largest absolute Gasteiger partial charge is 0.389 e. The standard InChI is InChI=1S/C15H20N4O/c1-19-17-14(16-18-19)13(12-8-4-2-5-9-12)15(20)10-6-3-7-11-15/h2,4-5,8-9,13,20H,3,6-7,10-11H2,1H3. The van der Waals surface area contributed by atoms with Crippen molar-refractivity contribution in [3.8, 4) is 0 Å². The number of aryl methyl sites for hydroxylation is 1. The maximum Gasteiger partial charge on any atom is 0.185 e. The van der Waals surface area contributed by atoms with E-state index in [-0.39, 0.29) is 5.92 Å². The van der Waals surface area contributed by atoms with Gasteiger partial charge < -0.3 is 5.11 Å². The fourth-order valence-corrected chi connectivity index (χ4v) is 3.21. The number of aromatic nitrogens is 4. The Kier molecular flexibility index (Phi) is 3.53. The van der Waals surface area contributed by atoms with Gasteiger partial charge in [0, 0.05) is 0 Å². The third kappa shape index (κ3) is 2.45. The molecule has 1 fully saturated rings. The first kappa shape index (κ1) is 13.2. The average Bonchev–Trinajstić information content (AvgIpc) is 2.87. The van der Waals surface area contributed by atoms with Gasteiger partial charge in [-0.2, -0.15) is 4.80 Å². The second-order valence-corrected chi connectivity index (χ2v) is 5.65. The molecule has 0 saturated heterocycles. The van der Waals surface area contributed by atoms with Crippen molar-refractivity contribution in [2.24, 2.45) is 7.05 Å². The molecule has 0 amide bonds. The summed E-state index contributed by atoms with van der Waals surface area (Å²) in [6, 6.07) is 10.0. The fourth-order valence-electron chi connectivity index (χ4n) is 3.21. The SMILES string of the molecule is Cn1nnc(C(c2ccccc2)C2(O)CCCCC2)n1. The molecule has 106 valence electrons. The van der Waals surface area contributed by atoms with Crippen molar-refractivity contribution >= 4 is 0 Å². The summed E-state index contributed by atoms with van der Waals surface area (Å²) in [6.45, 7) is 0. The van der Waals surface area contributed by atoms with Gasteiger partial charge in [0.15, 0.2) is 5.82 Å². The third-order valence-electron chi connectivity index (χ3n) is 4.17. The Morgan fingerprint density at radius 1 is 1.15 bits per heavy atom. The van der Waals surface area contributed by atoms with Crippen LogP contribution in [0.1, 0.15) is 49.4 Å². The van der Waals surface area contributed by atoms with Crippen LogP contribution in [0.3, 0.4) is 0 Å². The summed E-state index contributed by atoms with van der Waals surface area (Å²) < 4.78 is 0. The second-order valence-electron chi connectivity index (χ2n) is 5.65. The van der Waals surface area contributed by atoms with Crippen LogP contribution in [-0.4, -0.2) is 30.9 Å². The van der Waals surface area contributed by atoms with Gasteiger partial charge in [-0.25, -0.2) is 0 Å². The predicted molar refractivity (Wildman–Crippen MR) is 75.1 cm³/mol. The van der Waals surface area contributed by atoms with Gasteiger partial charge in [0.25, 0.3) is 0 Å². The van der Waals surface area contributed by atoms with Crippen molar-refractivity contribution in [1.82, 2.24) is 20.2 Å². The second kappa shape index (κ2) is 5.32. The Balaban J connectivity index is 2.03. The van der Waals surface area contributed by atoms with E-state index in [2.05, 4.69) is 15.4 Å². The lowest BCUT2D eigenvalue weighted by Crippen LogP contribution is -2.39. The van der Waals surface area contributed by atoms with E-state index in [0.717, 1.165) is 31.2 Å². The predicted octanol–water partition coefficient (Wildman–Crippen LogP) is 2.04. The minimum absolute atomic E-state index is 0.197. The van der Waals surface area contributed by atoms with E-state index in [9.17, 15) is 5.11 Å². The Bertz CT molecular complexity index is 560. The van der Waals surface area contributed by atoms with E-state index < -0.39 is 5.60 Å². The molecular weight excluding hydrogens is 252 g/mol. The molecule has 1 aromatic heterocycles. The van der Waals surface area contributed by atoms with E-state index in [4.69, 9.17) is 0 Å². The van der Waals surface area contributed by atoms with Crippen LogP contribution in [0.4, 0.5) is 0 Å². The van der Waals surface area contributed by atoms with Crippen LogP contribution >= 0.6 is 0 Å². The molecule has 1 aliphatic carbocycles. The van der Waals surface area contributed by atoms with Gasteiger partial charge in [-0.1, -0.05) is 49.6 Å². The Morgan fingerprint density at radius 2 is 1.85 bits per heavy atom. The van der Waals surface area contributed by atoms with Crippen molar-refractivity contribution in [2.75, 3.05) is 0 Å². The molecular formula is C15H20N4O. The van der Waals surface area contributed by atoms with E-state index in [1.54, 1.807) is 7.05 Å². The molecule has 0 radical (unpaired) electrons. The summed E-state index contributed by atoms with van der Waals surface area (Å²) >= 11 is 0. The van der Waals surface area contributed by atoms with Crippen molar-refractivity contribution in [2.45, 2.75) is 43.6 Å². The molecule has 1 heterocycles. The van der Waals surface area contributed by atoms with Gasteiger partial charge >= 0.3 is 0 Å². The molecule has 5 nitrogen and oxygen atoms in total. The highest BCUT2D eigenvalue weighted by atomic mass is 16.3. The highest BCUT2D eigenvalue weighted by Gasteiger charge is 2.42. The lowest BCUT2D eigenvalue weighted by atomic mass is 9.72. The molecule has 5 heteroatoms. The third-order valence-corrected chi connectivity index (χ3v) is 4.17. The van der Waals surface area contributed by atoms with Crippen LogP contribution in [0.2, 0.25) is 0 Å². The van der Waals surface area contributed by atoms with Crippen LogP contribution in [0.5, 0.6) is 0 Å². The first-order valence-corrected chi connectivity index (χ1v) is 7.20. The quantitative estimate of drug-likeness (QED) is 0.928. The fraction of sp³-hybridized carbons (Fsp3) is 0.533. The summed E-state index contributed by atoms with van der Waals surface area (Å²) in [5, 5.41) is 23.6. The number of rotatable bonds is 3. The molecule has 0 bridgehead atoms. The molecule has 1 aromatic carbocycles. The minimum atomic E-state index is -0.761. The van der Waals surface area contributed by atoms with Gasteiger partial charge in [-0.15, -0.1) is 10.2 Å². The Labute approximate surface area is 118 Å². The maximum atomic E-state index is 11.1. The van der Waals surface area contributed by atoms with Crippen LogP contribution in [0, 0.1) is 0 Å². The molecule has 1 N–H and O–H groups in total. The van der Waals surface area contributed by atoms with Gasteiger partial charge in [0.05, 0.1) is 18.6 Å². The Hall–Kier alpha value is -1.75. The van der Waals surface area contributed by atoms with Crippen LogP contribution in [0.25, 0.3) is 0 Å². The monoisotopic (exact) mass is 272 g/mol. The zero-order chi connectivity index (χ0) is 14.0. The normalized spacial score (nSPS) is 19.7. The van der Waals surface area contributed by atoms with Crippen molar-refractivity contribution in [1.29, 1.82) is 0 Å². The van der Waals surface area contributed by atoms with E-state index in [1.165, 1.54) is 11.2 Å². The molecule has 20 heavy (non-hydrogen) atoms. The van der Waals surface area contributed by atoms with Gasteiger partial charge in [-0.3, -0.25) is 0 Å². The van der Waals surface area contributed by atoms with Crippen LogP contribution in [0.15, 0.2) is 30.3 Å². The van der Waals surface area contributed by atoms with Crippen molar-refractivity contribution < 1.29 is 5.11 Å². The van der Waals surface area contributed by atoms with E-state index >= 15 is 0 Å². The van der Waals surface area contributed by atoms with E-state index in [1.807, 2.05) is 30.3 Å². The van der Waals surface area contributed by atoms with Crippen molar-refractivity contribution in [3.05, 3.63) is 41.7 Å². The lowest BCUT2D eigenvalue weighted by Gasteiger charge is -2.38. The summed E-state index contributed by atoms with van der Waals surface area (Å²) in [7, 11) is 1.75. The zero-order valence-electron chi connectivity index (χ0n) is 11.7. The molecule has 0 spiro atoms. The highest BCUT2D eigenvalue weighted by molar-refractivity contribution is 5.29. The van der Waals surface area contributed by atoms with Gasteiger partial charge in [-0.05, 0) is 23.6 Å². The number of hydrogen-bond acceptors (Lipinski definition) is 4. The first-order valence-electron chi connectivity index (χ1n) is 7.20. The summed E-state index contributed by atoms with van der Waals surface area (Å²) in [4.78, 5) is 1.46. The molecule has 3 rings (SSSR count).